The molecular weight excluding hydrogens is 364 g/mol. The minimum Gasteiger partial charge on any atom is -0.308 e. The molecule has 0 aliphatic rings. The van der Waals surface area contributed by atoms with Gasteiger partial charge in [0.1, 0.15) is 6.33 Å². The maximum Gasteiger partial charge on any atom is 0.323 e. The van der Waals surface area contributed by atoms with Crippen LogP contribution >= 0.6 is 11.6 Å². The second-order valence-corrected chi connectivity index (χ2v) is 6.38. The topological polar surface area (TPSA) is 84.2 Å². The summed E-state index contributed by atoms with van der Waals surface area (Å²) in [6.45, 7) is 1.91. The van der Waals surface area contributed by atoms with Crippen molar-refractivity contribution in [2.45, 2.75) is 6.92 Å². The van der Waals surface area contributed by atoms with E-state index in [0.717, 1.165) is 16.8 Å². The molecule has 0 unspecified atom stereocenters. The summed E-state index contributed by atoms with van der Waals surface area (Å²) in [4.78, 5) is 12.3. The molecule has 134 valence electrons. The quantitative estimate of drug-likeness (QED) is 0.553. The first-order chi connectivity index (χ1) is 13.1. The molecule has 8 heteroatoms. The van der Waals surface area contributed by atoms with Crippen LogP contribution in [0.1, 0.15) is 5.56 Å². The summed E-state index contributed by atoms with van der Waals surface area (Å²) in [5.74, 6) is 0. The number of carbonyl (C=O) groups is 1. The van der Waals surface area contributed by atoms with E-state index >= 15 is 0 Å². The summed E-state index contributed by atoms with van der Waals surface area (Å²) >= 11 is 6.09. The van der Waals surface area contributed by atoms with Gasteiger partial charge in [0.05, 0.1) is 5.69 Å². The maximum absolute atomic E-state index is 12.3. The summed E-state index contributed by atoms with van der Waals surface area (Å²) < 4.78 is 1.60. The smallest absolute Gasteiger partial charge is 0.308 e. The zero-order valence-electron chi connectivity index (χ0n) is 14.3. The van der Waals surface area contributed by atoms with E-state index in [-0.39, 0.29) is 6.03 Å². The van der Waals surface area contributed by atoms with Crippen LogP contribution in [0.4, 0.5) is 16.2 Å². The van der Waals surface area contributed by atoms with Crippen molar-refractivity contribution in [3.05, 3.63) is 71.5 Å². The molecule has 0 aliphatic carbocycles. The molecule has 4 rings (SSSR count). The summed E-state index contributed by atoms with van der Waals surface area (Å²) in [6.07, 6.45) is 1.54. The van der Waals surface area contributed by atoms with Gasteiger partial charge in [-0.15, -0.1) is 10.2 Å². The average molecular weight is 379 g/mol. The second kappa shape index (κ2) is 7.05. The monoisotopic (exact) mass is 378 g/mol. The Morgan fingerprint density at radius 1 is 1.04 bits per heavy atom. The molecular formula is C19H15ClN6O. The van der Waals surface area contributed by atoms with Crippen LogP contribution in [0.5, 0.6) is 0 Å². The minimum absolute atomic E-state index is 0.353. The molecule has 0 spiro atoms. The van der Waals surface area contributed by atoms with Crippen LogP contribution in [0.25, 0.3) is 16.9 Å². The van der Waals surface area contributed by atoms with Crippen LogP contribution in [0.2, 0.25) is 5.02 Å². The van der Waals surface area contributed by atoms with Crippen molar-refractivity contribution in [3.8, 4) is 11.3 Å². The van der Waals surface area contributed by atoms with Gasteiger partial charge in [-0.2, -0.15) is 9.61 Å². The number of fused-ring (bicyclic) bond motifs is 1. The summed E-state index contributed by atoms with van der Waals surface area (Å²) in [7, 11) is 0. The number of hydrogen-bond donors (Lipinski definition) is 2. The molecule has 0 fully saturated rings. The van der Waals surface area contributed by atoms with Crippen molar-refractivity contribution in [3.63, 3.8) is 0 Å². The van der Waals surface area contributed by atoms with Gasteiger partial charge in [0.15, 0.2) is 5.65 Å². The van der Waals surface area contributed by atoms with E-state index in [2.05, 4.69) is 25.9 Å². The van der Waals surface area contributed by atoms with E-state index in [1.54, 1.807) is 23.0 Å². The van der Waals surface area contributed by atoms with Gasteiger partial charge in [0.2, 0.25) is 0 Å². The molecule has 7 nitrogen and oxygen atoms in total. The first kappa shape index (κ1) is 17.0. The molecule has 0 saturated carbocycles. The number of benzene rings is 2. The van der Waals surface area contributed by atoms with Gasteiger partial charge in [-0.1, -0.05) is 29.8 Å². The third kappa shape index (κ3) is 3.73. The predicted octanol–water partition coefficient (Wildman–Crippen LogP) is 4.40. The molecule has 0 bridgehead atoms. The van der Waals surface area contributed by atoms with Gasteiger partial charge in [0.25, 0.3) is 0 Å². The highest BCUT2D eigenvalue weighted by molar-refractivity contribution is 6.31. The number of nitrogens with one attached hydrogen (secondary N) is 2. The summed E-state index contributed by atoms with van der Waals surface area (Å²) in [5.41, 5.74) is 4.50. The molecule has 0 saturated heterocycles. The molecule has 2 amide bonds. The number of aryl methyl sites for hydroxylation is 1. The molecule has 2 heterocycles. The van der Waals surface area contributed by atoms with Crippen molar-refractivity contribution in [1.82, 2.24) is 19.8 Å². The number of halogens is 1. The number of urea groups is 1. The Morgan fingerprint density at radius 3 is 2.67 bits per heavy atom. The predicted molar refractivity (Wildman–Crippen MR) is 105 cm³/mol. The Balaban J connectivity index is 1.51. The highest BCUT2D eigenvalue weighted by Crippen LogP contribution is 2.22. The Hall–Kier alpha value is -3.45. The van der Waals surface area contributed by atoms with Crippen LogP contribution in [-0.4, -0.2) is 25.8 Å². The van der Waals surface area contributed by atoms with Gasteiger partial charge < -0.3 is 10.6 Å². The highest BCUT2D eigenvalue weighted by Gasteiger charge is 2.07. The fourth-order valence-electron chi connectivity index (χ4n) is 2.60. The van der Waals surface area contributed by atoms with E-state index in [1.165, 1.54) is 0 Å². The first-order valence-corrected chi connectivity index (χ1v) is 8.58. The highest BCUT2D eigenvalue weighted by atomic mass is 35.5. The van der Waals surface area contributed by atoms with Crippen molar-refractivity contribution < 1.29 is 4.79 Å². The second-order valence-electron chi connectivity index (χ2n) is 5.98. The lowest BCUT2D eigenvalue weighted by atomic mass is 10.1. The number of hydrogen-bond acceptors (Lipinski definition) is 4. The van der Waals surface area contributed by atoms with Crippen LogP contribution in [0.15, 0.2) is 60.9 Å². The zero-order valence-corrected chi connectivity index (χ0v) is 15.1. The van der Waals surface area contributed by atoms with Crippen molar-refractivity contribution >= 4 is 34.7 Å². The number of nitrogens with zero attached hydrogens (tertiary/aromatic N) is 4. The van der Waals surface area contributed by atoms with Gasteiger partial charge in [-0.25, -0.2) is 4.79 Å². The summed E-state index contributed by atoms with van der Waals surface area (Å²) in [6, 6.07) is 16.1. The largest absolute Gasteiger partial charge is 0.323 e. The lowest BCUT2D eigenvalue weighted by Gasteiger charge is -2.10. The Kier molecular flexibility index (Phi) is 4.43. The van der Waals surface area contributed by atoms with E-state index in [4.69, 9.17) is 11.6 Å². The zero-order chi connectivity index (χ0) is 18.8. The van der Waals surface area contributed by atoms with E-state index < -0.39 is 0 Å². The minimum atomic E-state index is -0.353. The molecule has 0 radical (unpaired) electrons. The molecule has 4 aromatic rings. The number of carbonyl (C=O) groups excluding carboxylic acids is 1. The van der Waals surface area contributed by atoms with Crippen molar-refractivity contribution in [2.75, 3.05) is 10.6 Å². The molecule has 0 aliphatic heterocycles. The molecule has 27 heavy (non-hydrogen) atoms. The number of rotatable bonds is 3. The van der Waals surface area contributed by atoms with Gasteiger partial charge in [0, 0.05) is 22.0 Å². The van der Waals surface area contributed by atoms with E-state index in [1.807, 2.05) is 49.4 Å². The molecule has 2 aromatic heterocycles. The van der Waals surface area contributed by atoms with Gasteiger partial charge >= 0.3 is 6.03 Å². The maximum atomic E-state index is 12.3. The lowest BCUT2D eigenvalue weighted by molar-refractivity contribution is 0.262. The lowest BCUT2D eigenvalue weighted by Crippen LogP contribution is -2.19. The van der Waals surface area contributed by atoms with E-state index in [9.17, 15) is 4.79 Å². The Labute approximate surface area is 160 Å². The van der Waals surface area contributed by atoms with Gasteiger partial charge in [-0.3, -0.25) is 0 Å². The fraction of sp³-hybridized carbons (Fsp3) is 0.0526. The molecule has 2 aromatic carbocycles. The number of anilines is 2. The van der Waals surface area contributed by atoms with Crippen LogP contribution < -0.4 is 10.6 Å². The fourth-order valence-corrected chi connectivity index (χ4v) is 2.78. The third-order valence-corrected chi connectivity index (χ3v) is 4.41. The van der Waals surface area contributed by atoms with Crippen LogP contribution in [0.3, 0.4) is 0 Å². The average Bonchev–Trinajstić information content (AvgIpc) is 3.12. The first-order valence-electron chi connectivity index (χ1n) is 8.20. The Morgan fingerprint density at radius 2 is 1.85 bits per heavy atom. The standard InChI is InChI=1S/C19H15ClN6O/c1-12-5-6-15(10-16(12)20)23-19(27)22-14-4-2-3-13(9-14)17-7-8-18-24-21-11-26(18)25-17/h2-11H,1H3,(H2,22,23,27). The van der Waals surface area contributed by atoms with Gasteiger partial charge in [-0.05, 0) is 48.9 Å². The third-order valence-electron chi connectivity index (χ3n) is 4.01. The van der Waals surface area contributed by atoms with Crippen LogP contribution in [0, 0.1) is 6.92 Å². The van der Waals surface area contributed by atoms with Crippen LogP contribution in [-0.2, 0) is 0 Å². The summed E-state index contributed by atoms with van der Waals surface area (Å²) in [5, 5.41) is 18.4. The Bertz CT molecular complexity index is 1140. The van der Waals surface area contributed by atoms with Crippen molar-refractivity contribution in [2.24, 2.45) is 0 Å². The number of amides is 2. The van der Waals surface area contributed by atoms with Crippen molar-refractivity contribution in [1.29, 1.82) is 0 Å². The SMILES string of the molecule is Cc1ccc(NC(=O)Nc2cccc(-c3ccc4nncn4n3)c2)cc1Cl. The van der Waals surface area contributed by atoms with E-state index in [0.29, 0.717) is 22.0 Å². The molecule has 0 atom stereocenters. The normalized spacial score (nSPS) is 10.7. The molecule has 2 N–H and O–H groups in total. The number of aromatic nitrogens is 4.